The number of hydrogen-bond donors (Lipinski definition) is 2. The number of carbonyl (C=O) groups is 3. The summed E-state index contributed by atoms with van der Waals surface area (Å²) in [5, 5.41) is 5.63. The number of para-hydroxylation sites is 1. The van der Waals surface area contributed by atoms with Gasteiger partial charge in [-0.05, 0) is 55.3 Å². The van der Waals surface area contributed by atoms with E-state index in [0.29, 0.717) is 23.6 Å². The topological polar surface area (TPSA) is 91.7 Å². The van der Waals surface area contributed by atoms with E-state index in [9.17, 15) is 14.4 Å². The molecule has 0 bridgehead atoms. The zero-order valence-electron chi connectivity index (χ0n) is 18.1. The normalized spacial score (nSPS) is 15.6. The Morgan fingerprint density at radius 2 is 1.88 bits per heavy atom. The summed E-state index contributed by atoms with van der Waals surface area (Å²) in [6.07, 6.45) is 1.67. The van der Waals surface area contributed by atoms with E-state index < -0.39 is 5.92 Å². The molecule has 3 aromatic rings. The molecular weight excluding hydrogens is 406 g/mol. The van der Waals surface area contributed by atoms with Crippen LogP contribution >= 0.6 is 0 Å². The van der Waals surface area contributed by atoms with E-state index in [4.69, 9.17) is 4.42 Å². The molecule has 7 nitrogen and oxygen atoms in total. The largest absolute Gasteiger partial charge is 0.467 e. The molecule has 0 radical (unpaired) electrons. The average molecular weight is 431 g/mol. The van der Waals surface area contributed by atoms with Gasteiger partial charge in [0, 0.05) is 18.7 Å². The second kappa shape index (κ2) is 9.09. The molecular formula is C25H25N3O4. The van der Waals surface area contributed by atoms with Gasteiger partial charge in [-0.2, -0.15) is 0 Å². The molecule has 1 fully saturated rings. The fourth-order valence-electron chi connectivity index (χ4n) is 3.84. The molecule has 3 amide bonds. The molecule has 7 heteroatoms. The molecule has 0 aliphatic carbocycles. The van der Waals surface area contributed by atoms with E-state index in [2.05, 4.69) is 10.6 Å². The second-order valence-corrected chi connectivity index (χ2v) is 7.92. The smallest absolute Gasteiger partial charge is 0.253 e. The molecule has 2 heterocycles. The number of anilines is 2. The van der Waals surface area contributed by atoms with Gasteiger partial charge in [0.25, 0.3) is 5.91 Å². The van der Waals surface area contributed by atoms with E-state index in [1.807, 2.05) is 32.0 Å². The first-order valence-corrected chi connectivity index (χ1v) is 10.5. The quantitative estimate of drug-likeness (QED) is 0.621. The van der Waals surface area contributed by atoms with E-state index in [1.165, 1.54) is 0 Å². The molecule has 0 spiro atoms. The summed E-state index contributed by atoms with van der Waals surface area (Å²) in [6.45, 7) is 4.53. The minimum atomic E-state index is -0.498. The van der Waals surface area contributed by atoms with Gasteiger partial charge in [0.05, 0.1) is 30.0 Å². The SMILES string of the molecule is Cc1cccc(N2C[C@@H](C(=O)Nc3ccccc3C(=O)NCc3ccco3)CC2=O)c1C. The van der Waals surface area contributed by atoms with E-state index in [1.54, 1.807) is 47.6 Å². The fraction of sp³-hybridized carbons (Fsp3) is 0.240. The Labute approximate surface area is 186 Å². The number of benzene rings is 2. The van der Waals surface area contributed by atoms with Crippen LogP contribution in [0.4, 0.5) is 11.4 Å². The highest BCUT2D eigenvalue weighted by Gasteiger charge is 2.36. The first-order chi connectivity index (χ1) is 15.4. The van der Waals surface area contributed by atoms with Crippen LogP contribution in [0.3, 0.4) is 0 Å². The van der Waals surface area contributed by atoms with Gasteiger partial charge in [0.2, 0.25) is 11.8 Å². The number of nitrogens with one attached hydrogen (secondary N) is 2. The Morgan fingerprint density at radius 3 is 2.66 bits per heavy atom. The van der Waals surface area contributed by atoms with Crippen molar-refractivity contribution < 1.29 is 18.8 Å². The van der Waals surface area contributed by atoms with Crippen LogP contribution in [0, 0.1) is 19.8 Å². The van der Waals surface area contributed by atoms with Crippen molar-refractivity contribution in [3.63, 3.8) is 0 Å². The Morgan fingerprint density at radius 1 is 1.06 bits per heavy atom. The molecule has 1 aliphatic rings. The Kier molecular flexibility index (Phi) is 6.07. The van der Waals surface area contributed by atoms with E-state index in [-0.39, 0.29) is 30.7 Å². The lowest BCUT2D eigenvalue weighted by Gasteiger charge is -2.20. The molecule has 2 N–H and O–H groups in total. The van der Waals surface area contributed by atoms with Crippen molar-refractivity contribution in [3.05, 3.63) is 83.3 Å². The number of amides is 3. The van der Waals surface area contributed by atoms with Gasteiger partial charge < -0.3 is 20.0 Å². The predicted octanol–water partition coefficient (Wildman–Crippen LogP) is 3.82. The number of rotatable bonds is 6. The lowest BCUT2D eigenvalue weighted by molar-refractivity contribution is -0.122. The zero-order chi connectivity index (χ0) is 22.7. The highest BCUT2D eigenvalue weighted by Crippen LogP contribution is 2.30. The number of nitrogens with zero attached hydrogens (tertiary/aromatic N) is 1. The van der Waals surface area contributed by atoms with Crippen molar-refractivity contribution in [1.82, 2.24) is 5.32 Å². The molecule has 1 saturated heterocycles. The summed E-state index contributed by atoms with van der Waals surface area (Å²) in [7, 11) is 0. The van der Waals surface area contributed by atoms with Gasteiger partial charge in [-0.3, -0.25) is 14.4 Å². The molecule has 1 aliphatic heterocycles. The Bertz CT molecular complexity index is 1150. The maximum atomic E-state index is 13.0. The van der Waals surface area contributed by atoms with Crippen LogP contribution in [0.5, 0.6) is 0 Å². The third kappa shape index (κ3) is 4.42. The first-order valence-electron chi connectivity index (χ1n) is 10.5. The van der Waals surface area contributed by atoms with E-state index >= 15 is 0 Å². The standard InChI is InChI=1S/C25H25N3O4/c1-16-7-5-11-22(17(16)2)28-15-18(13-23(28)29)24(30)27-21-10-4-3-9-20(21)25(31)26-14-19-8-6-12-32-19/h3-12,18H,13-15H2,1-2H3,(H,26,31)(H,27,30)/t18-/m0/s1. The maximum absolute atomic E-state index is 13.0. The fourth-order valence-corrected chi connectivity index (χ4v) is 3.84. The molecule has 32 heavy (non-hydrogen) atoms. The Hall–Kier alpha value is -3.87. The summed E-state index contributed by atoms with van der Waals surface area (Å²) in [5.41, 5.74) is 3.72. The Balaban J connectivity index is 1.45. The van der Waals surface area contributed by atoms with Crippen LogP contribution in [0.15, 0.2) is 65.3 Å². The summed E-state index contributed by atoms with van der Waals surface area (Å²) < 4.78 is 5.23. The highest BCUT2D eigenvalue weighted by molar-refractivity contribution is 6.07. The van der Waals surface area contributed by atoms with Gasteiger partial charge in [0.1, 0.15) is 5.76 Å². The molecule has 0 saturated carbocycles. The lowest BCUT2D eigenvalue weighted by Crippen LogP contribution is -2.29. The second-order valence-electron chi connectivity index (χ2n) is 7.92. The average Bonchev–Trinajstić information content (AvgIpc) is 3.44. The number of carbonyl (C=O) groups excluding carboxylic acids is 3. The van der Waals surface area contributed by atoms with Gasteiger partial charge in [-0.25, -0.2) is 0 Å². The molecule has 2 aromatic carbocycles. The van der Waals surface area contributed by atoms with Crippen LogP contribution in [-0.2, 0) is 16.1 Å². The summed E-state index contributed by atoms with van der Waals surface area (Å²) in [5.74, 6) is -0.546. The molecule has 4 rings (SSSR count). The minimum absolute atomic E-state index is 0.0803. The van der Waals surface area contributed by atoms with Crippen molar-refractivity contribution in [3.8, 4) is 0 Å². The van der Waals surface area contributed by atoms with Crippen molar-refractivity contribution in [2.24, 2.45) is 5.92 Å². The van der Waals surface area contributed by atoms with Crippen molar-refractivity contribution in [2.75, 3.05) is 16.8 Å². The number of hydrogen-bond acceptors (Lipinski definition) is 4. The van der Waals surface area contributed by atoms with Gasteiger partial charge >= 0.3 is 0 Å². The van der Waals surface area contributed by atoms with Crippen LogP contribution < -0.4 is 15.5 Å². The minimum Gasteiger partial charge on any atom is -0.467 e. The third-order valence-electron chi connectivity index (χ3n) is 5.80. The summed E-state index contributed by atoms with van der Waals surface area (Å²) in [4.78, 5) is 40.0. The van der Waals surface area contributed by atoms with Crippen molar-refractivity contribution >= 4 is 29.1 Å². The molecule has 164 valence electrons. The molecule has 0 unspecified atom stereocenters. The monoisotopic (exact) mass is 431 g/mol. The van der Waals surface area contributed by atoms with Crippen molar-refractivity contribution in [2.45, 2.75) is 26.8 Å². The van der Waals surface area contributed by atoms with E-state index in [0.717, 1.165) is 16.8 Å². The van der Waals surface area contributed by atoms with Crippen molar-refractivity contribution in [1.29, 1.82) is 0 Å². The first kappa shape index (κ1) is 21.4. The van der Waals surface area contributed by atoms with Crippen LogP contribution in [0.1, 0.15) is 33.7 Å². The zero-order valence-corrected chi connectivity index (χ0v) is 18.1. The third-order valence-corrected chi connectivity index (χ3v) is 5.80. The number of furan rings is 1. The van der Waals surface area contributed by atoms with Crippen LogP contribution in [-0.4, -0.2) is 24.3 Å². The van der Waals surface area contributed by atoms with Crippen LogP contribution in [0.25, 0.3) is 0 Å². The summed E-state index contributed by atoms with van der Waals surface area (Å²) >= 11 is 0. The van der Waals surface area contributed by atoms with Crippen LogP contribution in [0.2, 0.25) is 0 Å². The van der Waals surface area contributed by atoms with Gasteiger partial charge in [-0.15, -0.1) is 0 Å². The summed E-state index contributed by atoms with van der Waals surface area (Å²) in [6, 6.07) is 16.1. The highest BCUT2D eigenvalue weighted by atomic mass is 16.3. The molecule has 1 atom stereocenters. The maximum Gasteiger partial charge on any atom is 0.253 e. The number of aryl methyl sites for hydroxylation is 1. The van der Waals surface area contributed by atoms with Gasteiger partial charge in [0.15, 0.2) is 0 Å². The van der Waals surface area contributed by atoms with Gasteiger partial charge in [-0.1, -0.05) is 24.3 Å². The molecule has 1 aromatic heterocycles. The lowest BCUT2D eigenvalue weighted by atomic mass is 10.1. The predicted molar refractivity (Wildman–Crippen MR) is 121 cm³/mol.